The van der Waals surface area contributed by atoms with Crippen molar-refractivity contribution in [3.63, 3.8) is 0 Å². The van der Waals surface area contributed by atoms with E-state index in [9.17, 15) is 4.79 Å². The summed E-state index contributed by atoms with van der Waals surface area (Å²) in [5.41, 5.74) is 7.61. The van der Waals surface area contributed by atoms with Crippen molar-refractivity contribution in [3.8, 4) is 17.0 Å². The number of fused-ring (bicyclic) bond motifs is 1. The average Bonchev–Trinajstić information content (AvgIpc) is 2.93. The first kappa shape index (κ1) is 25.3. The summed E-state index contributed by atoms with van der Waals surface area (Å²) in [6.45, 7) is 0.501. The van der Waals surface area contributed by atoms with E-state index in [1.165, 1.54) is 3.57 Å². The summed E-state index contributed by atoms with van der Waals surface area (Å²) in [6.07, 6.45) is 1.63. The van der Waals surface area contributed by atoms with Crippen LogP contribution in [0.2, 0.25) is 0 Å². The molecule has 0 fully saturated rings. The highest BCUT2D eigenvalue weighted by molar-refractivity contribution is 14.1. The minimum Gasteiger partial charge on any atom is -0.488 e. The summed E-state index contributed by atoms with van der Waals surface area (Å²) in [5, 5.41) is 4.99. The maximum atomic E-state index is 13.1. The van der Waals surface area contributed by atoms with Crippen molar-refractivity contribution in [2.24, 2.45) is 5.10 Å². The maximum absolute atomic E-state index is 13.1. The van der Waals surface area contributed by atoms with Crippen molar-refractivity contribution in [2.45, 2.75) is 6.61 Å². The van der Waals surface area contributed by atoms with Gasteiger partial charge in [0.1, 0.15) is 12.4 Å². The van der Waals surface area contributed by atoms with Gasteiger partial charge in [0.25, 0.3) is 5.91 Å². The van der Waals surface area contributed by atoms with Gasteiger partial charge in [-0.2, -0.15) is 5.10 Å². The number of amides is 1. The number of hydrazone groups is 1. The highest BCUT2D eigenvalue weighted by Crippen LogP contribution is 2.25. The van der Waals surface area contributed by atoms with Crippen LogP contribution in [0.15, 0.2) is 108 Å². The van der Waals surface area contributed by atoms with E-state index in [-0.39, 0.29) is 5.91 Å². The molecule has 0 aliphatic rings. The number of nitrogens with one attached hydrogen (secondary N) is 1. The van der Waals surface area contributed by atoms with Gasteiger partial charge in [0, 0.05) is 14.5 Å². The third kappa shape index (κ3) is 6.34. The highest BCUT2D eigenvalue weighted by Gasteiger charge is 2.13. The van der Waals surface area contributed by atoms with E-state index >= 15 is 0 Å². The van der Waals surface area contributed by atoms with Gasteiger partial charge in [0.05, 0.1) is 26.6 Å². The molecule has 0 atom stereocenters. The second kappa shape index (κ2) is 11.8. The lowest BCUT2D eigenvalue weighted by Gasteiger charge is -2.10. The lowest BCUT2D eigenvalue weighted by Crippen LogP contribution is -2.18. The van der Waals surface area contributed by atoms with Crippen LogP contribution in [0, 0.1) is 7.14 Å². The van der Waals surface area contributed by atoms with Gasteiger partial charge in [-0.15, -0.1) is 0 Å². The summed E-state index contributed by atoms with van der Waals surface area (Å²) < 4.78 is 8.14. The minimum absolute atomic E-state index is 0.292. The van der Waals surface area contributed by atoms with Crippen LogP contribution >= 0.6 is 45.2 Å². The van der Waals surface area contributed by atoms with E-state index in [4.69, 9.17) is 9.72 Å². The molecule has 1 amide bonds. The molecule has 37 heavy (non-hydrogen) atoms. The molecule has 0 aliphatic heterocycles. The molecule has 0 unspecified atom stereocenters. The van der Waals surface area contributed by atoms with E-state index in [1.54, 1.807) is 6.21 Å². The zero-order valence-electron chi connectivity index (χ0n) is 19.6. The fourth-order valence-corrected chi connectivity index (χ4v) is 4.86. The van der Waals surface area contributed by atoms with E-state index in [2.05, 4.69) is 80.0 Å². The van der Waals surface area contributed by atoms with E-state index in [0.717, 1.165) is 42.6 Å². The molecular weight excluding hydrogens is 688 g/mol. The van der Waals surface area contributed by atoms with Crippen LogP contribution in [-0.4, -0.2) is 17.1 Å². The maximum Gasteiger partial charge on any atom is 0.272 e. The van der Waals surface area contributed by atoms with Crippen LogP contribution in [0.5, 0.6) is 5.75 Å². The molecule has 1 aromatic heterocycles. The number of rotatable bonds is 7. The molecule has 0 radical (unpaired) electrons. The Kier molecular flexibility index (Phi) is 8.10. The molecule has 1 N–H and O–H groups in total. The Balaban J connectivity index is 1.29. The van der Waals surface area contributed by atoms with E-state index in [0.29, 0.717) is 12.2 Å². The number of para-hydroxylation sites is 1. The molecule has 1 heterocycles. The number of hydrogen-bond donors (Lipinski definition) is 1. The molecule has 0 aliphatic carbocycles. The fourth-order valence-electron chi connectivity index (χ4n) is 3.80. The van der Waals surface area contributed by atoms with Gasteiger partial charge in [-0.25, -0.2) is 10.4 Å². The van der Waals surface area contributed by atoms with Gasteiger partial charge in [-0.05, 0) is 98.8 Å². The van der Waals surface area contributed by atoms with Crippen LogP contribution in [0.1, 0.15) is 21.5 Å². The second-order valence-electron chi connectivity index (χ2n) is 8.24. The van der Waals surface area contributed by atoms with Crippen molar-refractivity contribution < 1.29 is 9.53 Å². The van der Waals surface area contributed by atoms with Crippen LogP contribution in [-0.2, 0) is 6.61 Å². The number of carbonyl (C=O) groups is 1. The van der Waals surface area contributed by atoms with Crippen molar-refractivity contribution >= 4 is 68.2 Å². The Morgan fingerprint density at radius 3 is 2.43 bits per heavy atom. The number of nitrogens with zero attached hydrogens (tertiary/aromatic N) is 2. The lowest BCUT2D eigenvalue weighted by atomic mass is 10.0. The molecule has 0 spiro atoms. The van der Waals surface area contributed by atoms with Crippen LogP contribution in [0.3, 0.4) is 0 Å². The topological polar surface area (TPSA) is 63.6 Å². The predicted molar refractivity (Wildman–Crippen MR) is 165 cm³/mol. The lowest BCUT2D eigenvalue weighted by molar-refractivity contribution is 0.0956. The van der Waals surface area contributed by atoms with Crippen molar-refractivity contribution in [3.05, 3.63) is 127 Å². The Morgan fingerprint density at radius 1 is 0.892 bits per heavy atom. The molecule has 182 valence electrons. The number of benzene rings is 4. The molecular formula is C30H21I2N3O2. The average molecular weight is 709 g/mol. The molecule has 5 nitrogen and oxygen atoms in total. The minimum atomic E-state index is -0.292. The third-order valence-electron chi connectivity index (χ3n) is 5.67. The van der Waals surface area contributed by atoms with Crippen LogP contribution in [0.25, 0.3) is 22.2 Å². The molecule has 0 bridgehead atoms. The van der Waals surface area contributed by atoms with E-state index in [1.807, 2.05) is 78.9 Å². The SMILES string of the molecule is O=C(N/N=C/c1ccc(OCc2ccc(I)cc2)c(I)c1)c1cc(-c2ccccc2)nc2ccccc12. The number of hydrogen-bond acceptors (Lipinski definition) is 4. The summed E-state index contributed by atoms with van der Waals surface area (Å²) in [6, 6.07) is 33.3. The summed E-state index contributed by atoms with van der Waals surface area (Å²) in [4.78, 5) is 17.9. The van der Waals surface area contributed by atoms with Gasteiger partial charge in [0.2, 0.25) is 0 Å². The normalized spacial score (nSPS) is 11.1. The second-order valence-corrected chi connectivity index (χ2v) is 10.7. The number of halogens is 2. The third-order valence-corrected chi connectivity index (χ3v) is 7.24. The van der Waals surface area contributed by atoms with Crippen molar-refractivity contribution in [2.75, 3.05) is 0 Å². The highest BCUT2D eigenvalue weighted by atomic mass is 127. The molecule has 5 aromatic rings. The first-order valence-corrected chi connectivity index (χ1v) is 13.7. The zero-order chi connectivity index (χ0) is 25.6. The number of pyridine rings is 1. The summed E-state index contributed by atoms with van der Waals surface area (Å²) >= 11 is 4.53. The number of ether oxygens (including phenoxy) is 1. The summed E-state index contributed by atoms with van der Waals surface area (Å²) in [7, 11) is 0. The first-order valence-electron chi connectivity index (χ1n) is 11.5. The smallest absolute Gasteiger partial charge is 0.272 e. The largest absolute Gasteiger partial charge is 0.488 e. The molecule has 0 saturated heterocycles. The Hall–Kier alpha value is -3.31. The first-order chi connectivity index (χ1) is 18.1. The monoisotopic (exact) mass is 709 g/mol. The van der Waals surface area contributed by atoms with Crippen molar-refractivity contribution in [1.82, 2.24) is 10.4 Å². The molecule has 5 rings (SSSR count). The summed E-state index contributed by atoms with van der Waals surface area (Å²) in [5.74, 6) is 0.510. The number of carbonyl (C=O) groups excluding carboxylic acids is 1. The fraction of sp³-hybridized carbons (Fsp3) is 0.0333. The quantitative estimate of drug-likeness (QED) is 0.109. The van der Waals surface area contributed by atoms with Gasteiger partial charge >= 0.3 is 0 Å². The van der Waals surface area contributed by atoms with Crippen molar-refractivity contribution in [1.29, 1.82) is 0 Å². The Labute approximate surface area is 242 Å². The van der Waals surface area contributed by atoms with Gasteiger partial charge in [-0.1, -0.05) is 60.7 Å². The Morgan fingerprint density at radius 2 is 1.65 bits per heavy atom. The van der Waals surface area contributed by atoms with Gasteiger partial charge < -0.3 is 4.74 Å². The Bertz CT molecular complexity index is 1590. The standard InChI is InChI=1S/C30H21I2N3O2/c31-23-13-10-20(11-14-23)19-37-29-15-12-21(16-26(29)32)18-33-35-30(36)25-17-28(22-6-2-1-3-7-22)34-27-9-5-4-8-24(25)27/h1-18H,19H2,(H,35,36)/b33-18+. The molecule has 7 heteroatoms. The van der Waals surface area contributed by atoms with Crippen LogP contribution < -0.4 is 10.2 Å². The predicted octanol–water partition coefficient (Wildman–Crippen LogP) is 7.45. The van der Waals surface area contributed by atoms with Crippen LogP contribution in [0.4, 0.5) is 0 Å². The molecule has 4 aromatic carbocycles. The van der Waals surface area contributed by atoms with Gasteiger partial charge in [-0.3, -0.25) is 4.79 Å². The number of aromatic nitrogens is 1. The van der Waals surface area contributed by atoms with Gasteiger partial charge in [0.15, 0.2) is 0 Å². The molecule has 0 saturated carbocycles. The van der Waals surface area contributed by atoms with E-state index < -0.39 is 0 Å². The zero-order valence-corrected chi connectivity index (χ0v) is 23.9.